The fourth-order valence-electron chi connectivity index (χ4n) is 0.959. The van der Waals surface area contributed by atoms with E-state index in [-0.39, 0.29) is 0 Å². The standard InChI is InChI=1S/C7H10F3N2/c1-6-11(2)3-4-12(6)5-7(8,9)10/h3-4H,5H2,1-2H3/q+1. The van der Waals surface area contributed by atoms with Crippen LogP contribution in [-0.4, -0.2) is 10.7 Å². The van der Waals surface area contributed by atoms with Gasteiger partial charge in [-0.1, -0.05) is 0 Å². The van der Waals surface area contributed by atoms with Crippen molar-refractivity contribution >= 4 is 0 Å². The van der Waals surface area contributed by atoms with Crippen molar-refractivity contribution in [1.82, 2.24) is 4.57 Å². The van der Waals surface area contributed by atoms with Crippen molar-refractivity contribution in [3.63, 3.8) is 0 Å². The minimum absolute atomic E-state index is 0.590. The SMILES string of the molecule is Cc1n(CC(F)(F)F)cc[n+]1C. The monoisotopic (exact) mass is 179 g/mol. The molecule has 0 spiro atoms. The van der Waals surface area contributed by atoms with Crippen LogP contribution in [0.5, 0.6) is 0 Å². The van der Waals surface area contributed by atoms with Gasteiger partial charge >= 0.3 is 6.18 Å². The summed E-state index contributed by atoms with van der Waals surface area (Å²) in [6.07, 6.45) is -1.12. The average Bonchev–Trinajstić information content (AvgIpc) is 2.16. The molecule has 0 bridgehead atoms. The first kappa shape index (κ1) is 9.09. The molecular formula is C7H10F3N2+. The van der Waals surface area contributed by atoms with Crippen LogP contribution in [0.2, 0.25) is 0 Å². The normalized spacial score (nSPS) is 12.1. The summed E-state index contributed by atoms with van der Waals surface area (Å²) < 4.78 is 38.5. The van der Waals surface area contributed by atoms with Crippen molar-refractivity contribution in [3.8, 4) is 0 Å². The molecule has 68 valence electrons. The van der Waals surface area contributed by atoms with Crippen LogP contribution < -0.4 is 4.57 Å². The van der Waals surface area contributed by atoms with E-state index in [1.165, 1.54) is 10.8 Å². The molecule has 0 amide bonds. The second kappa shape index (κ2) is 2.80. The van der Waals surface area contributed by atoms with Gasteiger partial charge in [0.2, 0.25) is 0 Å². The van der Waals surface area contributed by atoms with Crippen molar-refractivity contribution in [1.29, 1.82) is 0 Å². The van der Waals surface area contributed by atoms with Crippen molar-refractivity contribution in [2.75, 3.05) is 0 Å². The third kappa shape index (κ3) is 1.99. The van der Waals surface area contributed by atoms with Gasteiger partial charge < -0.3 is 0 Å². The van der Waals surface area contributed by atoms with Gasteiger partial charge in [0.15, 0.2) is 6.54 Å². The molecule has 0 radical (unpaired) electrons. The lowest BCUT2D eigenvalue weighted by Crippen LogP contribution is -2.31. The largest absolute Gasteiger partial charge is 0.426 e. The molecule has 0 aliphatic rings. The number of nitrogens with zero attached hydrogens (tertiary/aromatic N) is 2. The number of aryl methyl sites for hydroxylation is 1. The van der Waals surface area contributed by atoms with E-state index in [1.807, 2.05) is 0 Å². The first-order valence-corrected chi connectivity index (χ1v) is 3.48. The zero-order valence-corrected chi connectivity index (χ0v) is 6.89. The summed E-state index contributed by atoms with van der Waals surface area (Å²) >= 11 is 0. The van der Waals surface area contributed by atoms with Gasteiger partial charge in [-0.05, 0) is 0 Å². The van der Waals surface area contributed by atoms with E-state index in [1.54, 1.807) is 24.7 Å². The molecule has 0 saturated heterocycles. The van der Waals surface area contributed by atoms with Crippen LogP contribution >= 0.6 is 0 Å². The molecular weight excluding hydrogens is 169 g/mol. The van der Waals surface area contributed by atoms with Crippen molar-refractivity contribution < 1.29 is 17.7 Å². The van der Waals surface area contributed by atoms with Gasteiger partial charge in [-0.3, -0.25) is 0 Å². The number of aromatic nitrogens is 2. The molecule has 1 aromatic rings. The highest BCUT2D eigenvalue weighted by atomic mass is 19.4. The fourth-order valence-corrected chi connectivity index (χ4v) is 0.959. The lowest BCUT2D eigenvalue weighted by Gasteiger charge is -2.03. The third-order valence-corrected chi connectivity index (χ3v) is 1.75. The van der Waals surface area contributed by atoms with Gasteiger partial charge in [0.25, 0.3) is 5.82 Å². The molecule has 1 heterocycles. The molecule has 5 heteroatoms. The van der Waals surface area contributed by atoms with Crippen LogP contribution in [0.3, 0.4) is 0 Å². The molecule has 0 N–H and O–H groups in total. The highest BCUT2D eigenvalue weighted by Crippen LogP contribution is 2.17. The van der Waals surface area contributed by atoms with Crippen molar-refractivity contribution in [2.24, 2.45) is 7.05 Å². The van der Waals surface area contributed by atoms with Crippen LogP contribution in [0, 0.1) is 6.92 Å². The topological polar surface area (TPSA) is 8.81 Å². The number of halogens is 3. The summed E-state index contributed by atoms with van der Waals surface area (Å²) in [6.45, 7) is 0.728. The predicted molar refractivity (Wildman–Crippen MR) is 36.4 cm³/mol. The Balaban J connectivity index is 2.83. The Bertz CT molecular complexity index is 275. The Hall–Kier alpha value is -1.00. The molecule has 0 aromatic carbocycles. The van der Waals surface area contributed by atoms with Gasteiger partial charge in [0, 0.05) is 6.92 Å². The minimum Gasteiger partial charge on any atom is -0.237 e. The lowest BCUT2D eigenvalue weighted by molar-refractivity contribution is -0.677. The highest BCUT2D eigenvalue weighted by molar-refractivity contribution is 4.80. The van der Waals surface area contributed by atoms with E-state index >= 15 is 0 Å². The Kier molecular flexibility index (Phi) is 2.12. The van der Waals surface area contributed by atoms with E-state index < -0.39 is 12.7 Å². The Morgan fingerprint density at radius 1 is 1.50 bits per heavy atom. The zero-order chi connectivity index (χ0) is 9.35. The van der Waals surface area contributed by atoms with E-state index in [2.05, 4.69) is 0 Å². The summed E-state index contributed by atoms with van der Waals surface area (Å²) in [5.74, 6) is 0.590. The lowest BCUT2D eigenvalue weighted by atomic mass is 10.5. The van der Waals surface area contributed by atoms with Crippen LogP contribution in [0.25, 0.3) is 0 Å². The number of rotatable bonds is 1. The molecule has 1 aromatic heterocycles. The molecule has 0 atom stereocenters. The van der Waals surface area contributed by atoms with E-state index in [0.29, 0.717) is 5.82 Å². The first-order valence-electron chi connectivity index (χ1n) is 3.48. The number of imidazole rings is 1. The molecule has 2 nitrogen and oxygen atoms in total. The molecule has 0 unspecified atom stereocenters. The summed E-state index contributed by atoms with van der Waals surface area (Å²) in [5.41, 5.74) is 0. The zero-order valence-electron chi connectivity index (χ0n) is 6.89. The molecule has 0 aliphatic heterocycles. The van der Waals surface area contributed by atoms with E-state index in [9.17, 15) is 13.2 Å². The summed E-state index contributed by atoms with van der Waals surface area (Å²) in [7, 11) is 1.71. The van der Waals surface area contributed by atoms with Crippen LogP contribution in [0.4, 0.5) is 13.2 Å². The number of hydrogen-bond acceptors (Lipinski definition) is 0. The second-order valence-electron chi connectivity index (χ2n) is 2.70. The Morgan fingerprint density at radius 2 is 2.08 bits per heavy atom. The quantitative estimate of drug-likeness (QED) is 0.572. The average molecular weight is 179 g/mol. The second-order valence-corrected chi connectivity index (χ2v) is 2.70. The van der Waals surface area contributed by atoms with Gasteiger partial charge in [-0.2, -0.15) is 13.2 Å². The van der Waals surface area contributed by atoms with Crippen LogP contribution in [0.1, 0.15) is 5.82 Å². The van der Waals surface area contributed by atoms with Gasteiger partial charge in [0.1, 0.15) is 12.4 Å². The maximum atomic E-state index is 11.9. The van der Waals surface area contributed by atoms with Gasteiger partial charge in [0.05, 0.1) is 7.05 Å². The first-order chi connectivity index (χ1) is 5.40. The molecule has 0 aliphatic carbocycles. The van der Waals surface area contributed by atoms with Crippen molar-refractivity contribution in [3.05, 3.63) is 18.2 Å². The Morgan fingerprint density at radius 3 is 2.42 bits per heavy atom. The fraction of sp³-hybridized carbons (Fsp3) is 0.571. The van der Waals surface area contributed by atoms with E-state index in [4.69, 9.17) is 0 Å². The summed E-state index contributed by atoms with van der Waals surface area (Å²) in [4.78, 5) is 0. The summed E-state index contributed by atoms with van der Waals surface area (Å²) in [6, 6.07) is 0. The maximum absolute atomic E-state index is 11.9. The smallest absolute Gasteiger partial charge is 0.237 e. The number of hydrogen-bond donors (Lipinski definition) is 0. The Labute approximate surface area is 68.2 Å². The third-order valence-electron chi connectivity index (χ3n) is 1.75. The predicted octanol–water partition coefficient (Wildman–Crippen LogP) is 1.18. The van der Waals surface area contributed by atoms with E-state index in [0.717, 1.165) is 0 Å². The minimum atomic E-state index is -4.14. The van der Waals surface area contributed by atoms with Crippen molar-refractivity contribution in [2.45, 2.75) is 19.6 Å². The molecule has 0 saturated carbocycles. The molecule has 1 rings (SSSR count). The highest BCUT2D eigenvalue weighted by Gasteiger charge is 2.32. The van der Waals surface area contributed by atoms with Crippen LogP contribution in [0.15, 0.2) is 12.4 Å². The molecule has 0 fully saturated rings. The maximum Gasteiger partial charge on any atom is 0.426 e. The van der Waals surface area contributed by atoms with Gasteiger partial charge in [-0.25, -0.2) is 9.13 Å². The van der Waals surface area contributed by atoms with Gasteiger partial charge in [-0.15, -0.1) is 0 Å². The molecule has 12 heavy (non-hydrogen) atoms. The van der Waals surface area contributed by atoms with Crippen LogP contribution in [-0.2, 0) is 13.6 Å². The summed E-state index contributed by atoms with van der Waals surface area (Å²) in [5, 5.41) is 0. The number of alkyl halides is 3.